The van der Waals surface area contributed by atoms with Crippen LogP contribution in [0.25, 0.3) is 5.82 Å². The molecular formula is C21H25N5O. The molecule has 6 heteroatoms. The fourth-order valence-corrected chi connectivity index (χ4v) is 3.11. The Morgan fingerprint density at radius 3 is 2.56 bits per heavy atom. The van der Waals surface area contributed by atoms with Crippen LogP contribution in [0.4, 0.5) is 11.4 Å². The third kappa shape index (κ3) is 3.84. The van der Waals surface area contributed by atoms with E-state index in [9.17, 15) is 4.79 Å². The fraction of sp³-hybridized carbons (Fsp3) is 0.286. The first kappa shape index (κ1) is 18.6. The minimum atomic E-state index is -0.173. The Labute approximate surface area is 159 Å². The first-order valence-electron chi connectivity index (χ1n) is 9.18. The molecule has 0 unspecified atom stereocenters. The molecule has 0 fully saturated rings. The van der Waals surface area contributed by atoms with Gasteiger partial charge in [0, 0.05) is 30.7 Å². The number of rotatable bonds is 6. The van der Waals surface area contributed by atoms with Crippen molar-refractivity contribution in [2.75, 3.05) is 23.3 Å². The summed E-state index contributed by atoms with van der Waals surface area (Å²) >= 11 is 0. The second-order valence-corrected chi connectivity index (χ2v) is 6.37. The number of nitrogens with zero attached hydrogens (tertiary/aromatic N) is 4. The molecule has 0 bridgehead atoms. The van der Waals surface area contributed by atoms with Crippen molar-refractivity contribution in [3.05, 3.63) is 65.6 Å². The van der Waals surface area contributed by atoms with Gasteiger partial charge in [0.2, 0.25) is 0 Å². The van der Waals surface area contributed by atoms with E-state index in [2.05, 4.69) is 40.2 Å². The second kappa shape index (κ2) is 8.03. The van der Waals surface area contributed by atoms with E-state index in [1.54, 1.807) is 17.1 Å². The van der Waals surface area contributed by atoms with E-state index in [1.807, 2.05) is 44.2 Å². The standard InChI is InChI=1S/C21H25N5O/c1-5-25(6-2)17-10-11-19(15(3)13-17)24-21(27)18-14-23-26(16(18)4)20-9-7-8-12-22-20/h7-14H,5-6H2,1-4H3,(H,24,27). The molecule has 2 heterocycles. The second-order valence-electron chi connectivity index (χ2n) is 6.37. The molecule has 0 atom stereocenters. The van der Waals surface area contributed by atoms with Crippen molar-refractivity contribution in [2.24, 2.45) is 0 Å². The molecule has 0 saturated carbocycles. The maximum absolute atomic E-state index is 12.8. The van der Waals surface area contributed by atoms with E-state index in [0.717, 1.165) is 35.7 Å². The smallest absolute Gasteiger partial charge is 0.259 e. The van der Waals surface area contributed by atoms with Gasteiger partial charge >= 0.3 is 0 Å². The Morgan fingerprint density at radius 1 is 1.15 bits per heavy atom. The topological polar surface area (TPSA) is 63.1 Å². The number of aryl methyl sites for hydroxylation is 1. The van der Waals surface area contributed by atoms with Crippen LogP contribution >= 0.6 is 0 Å². The van der Waals surface area contributed by atoms with Gasteiger partial charge in [-0.1, -0.05) is 6.07 Å². The number of carbonyl (C=O) groups is 1. The van der Waals surface area contributed by atoms with Crippen molar-refractivity contribution in [1.29, 1.82) is 0 Å². The molecule has 0 aliphatic rings. The van der Waals surface area contributed by atoms with Crippen LogP contribution < -0.4 is 10.2 Å². The van der Waals surface area contributed by atoms with Gasteiger partial charge in [-0.15, -0.1) is 0 Å². The number of nitrogens with one attached hydrogen (secondary N) is 1. The predicted octanol–water partition coefficient (Wildman–Crippen LogP) is 3.98. The van der Waals surface area contributed by atoms with Crippen molar-refractivity contribution in [2.45, 2.75) is 27.7 Å². The van der Waals surface area contributed by atoms with E-state index < -0.39 is 0 Å². The van der Waals surface area contributed by atoms with Gasteiger partial charge in [-0.2, -0.15) is 5.10 Å². The molecule has 0 aliphatic carbocycles. The number of hydrogen-bond acceptors (Lipinski definition) is 4. The molecule has 2 aromatic heterocycles. The molecule has 3 aromatic rings. The lowest BCUT2D eigenvalue weighted by Gasteiger charge is -2.22. The van der Waals surface area contributed by atoms with Crippen molar-refractivity contribution in [3.63, 3.8) is 0 Å². The molecule has 1 N–H and O–H groups in total. The summed E-state index contributed by atoms with van der Waals surface area (Å²) in [5.41, 5.74) is 4.29. The molecule has 0 saturated heterocycles. The van der Waals surface area contributed by atoms with Crippen molar-refractivity contribution < 1.29 is 4.79 Å². The van der Waals surface area contributed by atoms with E-state index in [0.29, 0.717) is 11.4 Å². The van der Waals surface area contributed by atoms with Crippen LogP contribution in [0.2, 0.25) is 0 Å². The molecular weight excluding hydrogens is 338 g/mol. The van der Waals surface area contributed by atoms with Crippen molar-refractivity contribution in [3.8, 4) is 5.82 Å². The fourth-order valence-electron chi connectivity index (χ4n) is 3.11. The molecule has 0 aliphatic heterocycles. The van der Waals surface area contributed by atoms with Gasteiger partial charge in [-0.3, -0.25) is 4.79 Å². The van der Waals surface area contributed by atoms with Gasteiger partial charge in [0.15, 0.2) is 5.82 Å². The highest BCUT2D eigenvalue weighted by molar-refractivity contribution is 6.05. The maximum atomic E-state index is 12.8. The van der Waals surface area contributed by atoms with Crippen LogP contribution in [0.3, 0.4) is 0 Å². The van der Waals surface area contributed by atoms with Crippen LogP contribution in [0.1, 0.15) is 35.5 Å². The predicted molar refractivity (Wildman–Crippen MR) is 109 cm³/mol. The maximum Gasteiger partial charge on any atom is 0.259 e. The highest BCUT2D eigenvalue weighted by Gasteiger charge is 2.16. The summed E-state index contributed by atoms with van der Waals surface area (Å²) < 4.78 is 1.67. The SMILES string of the molecule is CCN(CC)c1ccc(NC(=O)c2cnn(-c3ccccn3)c2C)c(C)c1. The van der Waals surface area contributed by atoms with Gasteiger partial charge in [0.05, 0.1) is 17.5 Å². The first-order valence-corrected chi connectivity index (χ1v) is 9.18. The van der Waals surface area contributed by atoms with Gasteiger partial charge in [-0.05, 0) is 63.6 Å². The molecule has 1 aromatic carbocycles. The van der Waals surface area contributed by atoms with E-state index in [4.69, 9.17) is 0 Å². The lowest BCUT2D eigenvalue weighted by Crippen LogP contribution is -2.22. The normalized spacial score (nSPS) is 10.7. The van der Waals surface area contributed by atoms with Crippen LogP contribution in [-0.4, -0.2) is 33.8 Å². The van der Waals surface area contributed by atoms with E-state index >= 15 is 0 Å². The van der Waals surface area contributed by atoms with Gasteiger partial charge in [0.1, 0.15) is 0 Å². The van der Waals surface area contributed by atoms with E-state index in [-0.39, 0.29) is 5.91 Å². The van der Waals surface area contributed by atoms with Crippen LogP contribution in [-0.2, 0) is 0 Å². The molecule has 140 valence electrons. The average Bonchev–Trinajstić information content (AvgIpc) is 3.07. The Hall–Kier alpha value is -3.15. The summed E-state index contributed by atoms with van der Waals surface area (Å²) in [6, 6.07) is 11.7. The summed E-state index contributed by atoms with van der Waals surface area (Å²) in [6.07, 6.45) is 3.29. The summed E-state index contributed by atoms with van der Waals surface area (Å²) in [5.74, 6) is 0.516. The summed E-state index contributed by atoms with van der Waals surface area (Å²) in [7, 11) is 0. The van der Waals surface area contributed by atoms with Gasteiger partial charge in [0.25, 0.3) is 5.91 Å². The van der Waals surface area contributed by atoms with Gasteiger partial charge in [-0.25, -0.2) is 9.67 Å². The summed E-state index contributed by atoms with van der Waals surface area (Å²) in [4.78, 5) is 19.3. The average molecular weight is 363 g/mol. The molecule has 0 radical (unpaired) electrons. The summed E-state index contributed by atoms with van der Waals surface area (Å²) in [5, 5.41) is 7.32. The lowest BCUT2D eigenvalue weighted by atomic mass is 10.1. The Kier molecular flexibility index (Phi) is 5.54. The highest BCUT2D eigenvalue weighted by Crippen LogP contribution is 2.23. The van der Waals surface area contributed by atoms with Crippen molar-refractivity contribution >= 4 is 17.3 Å². The Bertz CT molecular complexity index is 929. The number of aromatic nitrogens is 3. The number of anilines is 2. The number of pyridine rings is 1. The Morgan fingerprint density at radius 2 is 1.93 bits per heavy atom. The zero-order chi connectivity index (χ0) is 19.4. The number of amides is 1. The highest BCUT2D eigenvalue weighted by atomic mass is 16.1. The number of hydrogen-bond donors (Lipinski definition) is 1. The summed E-state index contributed by atoms with van der Waals surface area (Å²) in [6.45, 7) is 10.0. The number of benzene rings is 1. The number of carbonyl (C=O) groups excluding carboxylic acids is 1. The Balaban J connectivity index is 1.81. The molecule has 6 nitrogen and oxygen atoms in total. The van der Waals surface area contributed by atoms with Crippen LogP contribution in [0, 0.1) is 13.8 Å². The van der Waals surface area contributed by atoms with Crippen LogP contribution in [0.15, 0.2) is 48.8 Å². The molecule has 3 rings (SSSR count). The third-order valence-electron chi connectivity index (χ3n) is 4.71. The molecule has 27 heavy (non-hydrogen) atoms. The first-order chi connectivity index (χ1) is 13.0. The third-order valence-corrected chi connectivity index (χ3v) is 4.71. The van der Waals surface area contributed by atoms with Gasteiger partial charge < -0.3 is 10.2 Å². The zero-order valence-electron chi connectivity index (χ0n) is 16.2. The monoisotopic (exact) mass is 363 g/mol. The quantitative estimate of drug-likeness (QED) is 0.719. The van der Waals surface area contributed by atoms with E-state index in [1.165, 1.54) is 0 Å². The minimum Gasteiger partial charge on any atom is -0.372 e. The minimum absolute atomic E-state index is 0.173. The largest absolute Gasteiger partial charge is 0.372 e. The lowest BCUT2D eigenvalue weighted by molar-refractivity contribution is 0.102. The zero-order valence-corrected chi connectivity index (χ0v) is 16.2. The van der Waals surface area contributed by atoms with Crippen LogP contribution in [0.5, 0.6) is 0 Å². The molecule has 1 amide bonds. The molecule has 0 spiro atoms. The van der Waals surface area contributed by atoms with Crippen molar-refractivity contribution in [1.82, 2.24) is 14.8 Å².